The zero-order valence-electron chi connectivity index (χ0n) is 12.0. The molecule has 1 amide bonds. The molecular formula is C16H22ClNO2. The lowest BCUT2D eigenvalue weighted by atomic mass is 10.1. The summed E-state index contributed by atoms with van der Waals surface area (Å²) >= 11 is 5.94. The Labute approximate surface area is 125 Å². The minimum atomic E-state index is 0.185. The van der Waals surface area contributed by atoms with Crippen LogP contribution in [0, 0.1) is 5.92 Å². The standard InChI is InChI=1S/C16H22ClNO2/c1-2-8-20-12-14-6-7-18(11-14)16(19)10-13-4-3-5-15(17)9-13/h3-5,9,14H,2,6-8,10-12H2,1H3/t14-/m1/s1. The van der Waals surface area contributed by atoms with Crippen LogP contribution in [0.2, 0.25) is 5.02 Å². The van der Waals surface area contributed by atoms with Crippen molar-refractivity contribution in [2.45, 2.75) is 26.2 Å². The molecule has 0 bridgehead atoms. The lowest BCUT2D eigenvalue weighted by Gasteiger charge is -2.16. The maximum absolute atomic E-state index is 12.2. The van der Waals surface area contributed by atoms with Crippen LogP contribution in [0.4, 0.5) is 0 Å². The molecule has 0 aliphatic carbocycles. The van der Waals surface area contributed by atoms with Gasteiger partial charge in [-0.3, -0.25) is 4.79 Å². The summed E-state index contributed by atoms with van der Waals surface area (Å²) in [5, 5.41) is 0.683. The van der Waals surface area contributed by atoms with E-state index in [0.717, 1.165) is 44.7 Å². The largest absolute Gasteiger partial charge is 0.381 e. The average molecular weight is 296 g/mol. The lowest BCUT2D eigenvalue weighted by Crippen LogP contribution is -2.30. The minimum absolute atomic E-state index is 0.185. The SMILES string of the molecule is CCCOC[C@@H]1CCN(C(=O)Cc2cccc(Cl)c2)C1. The highest BCUT2D eigenvalue weighted by Gasteiger charge is 2.26. The minimum Gasteiger partial charge on any atom is -0.381 e. The second-order valence-electron chi connectivity index (χ2n) is 5.38. The summed E-state index contributed by atoms with van der Waals surface area (Å²) in [6.07, 6.45) is 2.53. The van der Waals surface area contributed by atoms with Crippen LogP contribution in [0.15, 0.2) is 24.3 Å². The molecule has 0 radical (unpaired) electrons. The summed E-state index contributed by atoms with van der Waals surface area (Å²) in [4.78, 5) is 14.2. The molecule has 110 valence electrons. The van der Waals surface area contributed by atoms with Gasteiger partial charge >= 0.3 is 0 Å². The summed E-state index contributed by atoms with van der Waals surface area (Å²) in [5.74, 6) is 0.676. The van der Waals surface area contributed by atoms with E-state index in [4.69, 9.17) is 16.3 Å². The Kier molecular flexibility index (Phi) is 5.86. The molecule has 1 aliphatic rings. The number of benzene rings is 1. The van der Waals surface area contributed by atoms with Crippen molar-refractivity contribution in [2.24, 2.45) is 5.92 Å². The maximum Gasteiger partial charge on any atom is 0.227 e. The molecule has 4 heteroatoms. The van der Waals surface area contributed by atoms with Crippen molar-refractivity contribution in [1.82, 2.24) is 4.90 Å². The van der Waals surface area contributed by atoms with Gasteiger partial charge in [-0.25, -0.2) is 0 Å². The van der Waals surface area contributed by atoms with E-state index in [2.05, 4.69) is 6.92 Å². The molecule has 0 saturated carbocycles. The van der Waals surface area contributed by atoms with Crippen molar-refractivity contribution in [3.63, 3.8) is 0 Å². The Morgan fingerprint density at radius 3 is 3.10 bits per heavy atom. The van der Waals surface area contributed by atoms with Crippen molar-refractivity contribution < 1.29 is 9.53 Å². The predicted molar refractivity (Wildman–Crippen MR) is 81.0 cm³/mol. The Hall–Kier alpha value is -1.06. The number of carbonyl (C=O) groups is 1. The van der Waals surface area contributed by atoms with Crippen LogP contribution < -0.4 is 0 Å². The predicted octanol–water partition coefficient (Wildman–Crippen LogP) is 3.16. The molecule has 1 aromatic carbocycles. The van der Waals surface area contributed by atoms with Gasteiger partial charge in [0.05, 0.1) is 13.0 Å². The van der Waals surface area contributed by atoms with Gasteiger partial charge in [-0.15, -0.1) is 0 Å². The molecule has 1 atom stereocenters. The number of amides is 1. The summed E-state index contributed by atoms with van der Waals surface area (Å²) in [6, 6.07) is 7.52. The smallest absolute Gasteiger partial charge is 0.227 e. The van der Waals surface area contributed by atoms with E-state index in [-0.39, 0.29) is 5.91 Å². The van der Waals surface area contributed by atoms with Gasteiger partial charge in [0.1, 0.15) is 0 Å². The van der Waals surface area contributed by atoms with E-state index in [9.17, 15) is 4.79 Å². The van der Waals surface area contributed by atoms with Gasteiger partial charge in [-0.05, 0) is 30.5 Å². The zero-order valence-corrected chi connectivity index (χ0v) is 12.7. The molecule has 1 aliphatic heterocycles. The molecule has 1 saturated heterocycles. The Morgan fingerprint density at radius 1 is 1.50 bits per heavy atom. The molecule has 1 aromatic rings. The fourth-order valence-electron chi connectivity index (χ4n) is 2.52. The van der Waals surface area contributed by atoms with Gasteiger partial charge in [0, 0.05) is 30.6 Å². The van der Waals surface area contributed by atoms with Gasteiger partial charge in [0.15, 0.2) is 0 Å². The molecule has 0 N–H and O–H groups in total. The highest BCUT2D eigenvalue weighted by molar-refractivity contribution is 6.30. The van der Waals surface area contributed by atoms with Crippen LogP contribution in [0.5, 0.6) is 0 Å². The molecule has 3 nitrogen and oxygen atoms in total. The van der Waals surface area contributed by atoms with Crippen LogP contribution >= 0.6 is 11.6 Å². The molecule has 2 rings (SSSR count). The Morgan fingerprint density at radius 2 is 2.35 bits per heavy atom. The van der Waals surface area contributed by atoms with E-state index >= 15 is 0 Å². The van der Waals surface area contributed by atoms with Crippen molar-refractivity contribution in [1.29, 1.82) is 0 Å². The third-order valence-electron chi connectivity index (χ3n) is 3.58. The quantitative estimate of drug-likeness (QED) is 0.755. The van der Waals surface area contributed by atoms with E-state index in [0.29, 0.717) is 17.4 Å². The molecule has 20 heavy (non-hydrogen) atoms. The van der Waals surface area contributed by atoms with Crippen molar-refractivity contribution in [3.05, 3.63) is 34.9 Å². The third-order valence-corrected chi connectivity index (χ3v) is 3.82. The molecule has 0 spiro atoms. The number of carbonyl (C=O) groups excluding carboxylic acids is 1. The number of likely N-dealkylation sites (tertiary alicyclic amines) is 1. The topological polar surface area (TPSA) is 29.5 Å². The Bertz CT molecular complexity index is 450. The van der Waals surface area contributed by atoms with Crippen molar-refractivity contribution in [3.8, 4) is 0 Å². The number of hydrogen-bond acceptors (Lipinski definition) is 2. The van der Waals surface area contributed by atoms with Crippen molar-refractivity contribution in [2.75, 3.05) is 26.3 Å². The molecule has 0 unspecified atom stereocenters. The first-order chi connectivity index (χ1) is 9.69. The van der Waals surface area contributed by atoms with Gasteiger partial charge in [-0.1, -0.05) is 30.7 Å². The number of hydrogen-bond donors (Lipinski definition) is 0. The first-order valence-corrected chi connectivity index (χ1v) is 7.66. The van der Waals surface area contributed by atoms with Crippen LogP contribution in [0.3, 0.4) is 0 Å². The maximum atomic E-state index is 12.2. The van der Waals surface area contributed by atoms with Crippen LogP contribution in [-0.2, 0) is 16.0 Å². The lowest BCUT2D eigenvalue weighted by molar-refractivity contribution is -0.129. The van der Waals surface area contributed by atoms with Crippen LogP contribution in [0.1, 0.15) is 25.3 Å². The summed E-state index contributed by atoms with van der Waals surface area (Å²) in [6.45, 7) is 5.36. The normalized spacial score (nSPS) is 18.5. The van der Waals surface area contributed by atoms with Gasteiger partial charge in [0.2, 0.25) is 5.91 Å². The highest BCUT2D eigenvalue weighted by atomic mass is 35.5. The molecule has 0 aromatic heterocycles. The second kappa shape index (κ2) is 7.65. The number of ether oxygens (including phenoxy) is 1. The summed E-state index contributed by atoms with van der Waals surface area (Å²) < 4.78 is 5.57. The Balaban J connectivity index is 1.79. The fourth-order valence-corrected chi connectivity index (χ4v) is 2.74. The van der Waals surface area contributed by atoms with E-state index < -0.39 is 0 Å². The fraction of sp³-hybridized carbons (Fsp3) is 0.562. The average Bonchev–Trinajstić information content (AvgIpc) is 2.88. The summed E-state index contributed by atoms with van der Waals surface area (Å²) in [7, 11) is 0. The first-order valence-electron chi connectivity index (χ1n) is 7.29. The zero-order chi connectivity index (χ0) is 14.4. The van der Waals surface area contributed by atoms with E-state index in [1.54, 1.807) is 0 Å². The number of rotatable bonds is 6. The number of halogens is 1. The number of nitrogens with zero attached hydrogens (tertiary/aromatic N) is 1. The van der Waals surface area contributed by atoms with Crippen LogP contribution in [0.25, 0.3) is 0 Å². The second-order valence-corrected chi connectivity index (χ2v) is 5.81. The first kappa shape index (κ1) is 15.3. The molecule has 1 heterocycles. The molecular weight excluding hydrogens is 274 g/mol. The van der Waals surface area contributed by atoms with Crippen molar-refractivity contribution >= 4 is 17.5 Å². The van der Waals surface area contributed by atoms with Crippen LogP contribution in [-0.4, -0.2) is 37.1 Å². The molecule has 1 fully saturated rings. The van der Waals surface area contributed by atoms with Gasteiger partial charge in [-0.2, -0.15) is 0 Å². The van der Waals surface area contributed by atoms with Gasteiger partial charge in [0.25, 0.3) is 0 Å². The monoisotopic (exact) mass is 295 g/mol. The van der Waals surface area contributed by atoms with Gasteiger partial charge < -0.3 is 9.64 Å². The van der Waals surface area contributed by atoms with E-state index in [1.165, 1.54) is 0 Å². The highest BCUT2D eigenvalue weighted by Crippen LogP contribution is 2.19. The van der Waals surface area contributed by atoms with E-state index in [1.807, 2.05) is 29.2 Å². The third kappa shape index (κ3) is 4.50. The summed E-state index contributed by atoms with van der Waals surface area (Å²) in [5.41, 5.74) is 0.980.